The molecule has 6 heteroatoms. The van der Waals surface area contributed by atoms with Crippen molar-refractivity contribution in [2.24, 2.45) is 16.6 Å². The van der Waals surface area contributed by atoms with E-state index in [2.05, 4.69) is 22.1 Å². The van der Waals surface area contributed by atoms with Gasteiger partial charge in [0.25, 0.3) is 0 Å². The van der Waals surface area contributed by atoms with E-state index in [1.807, 2.05) is 25.1 Å². The Morgan fingerprint density at radius 1 is 1.43 bits per heavy atom. The Hall–Kier alpha value is -1.75. The number of aliphatic imine (C=N–C) groups is 1. The largest absolute Gasteiger partial charge is 0.370 e. The fourth-order valence-electron chi connectivity index (χ4n) is 2.54. The third-order valence-electron chi connectivity index (χ3n) is 4.12. The van der Waals surface area contributed by atoms with Crippen molar-refractivity contribution in [2.75, 3.05) is 25.0 Å². The quantitative estimate of drug-likeness (QED) is 0.656. The fourth-order valence-corrected chi connectivity index (χ4v) is 2.83. The summed E-state index contributed by atoms with van der Waals surface area (Å²) in [5.74, 6) is 1.18. The first kappa shape index (κ1) is 17.6. The Morgan fingerprint density at radius 3 is 2.78 bits per heavy atom. The first-order valence-electron chi connectivity index (χ1n) is 8.06. The summed E-state index contributed by atoms with van der Waals surface area (Å²) in [7, 11) is 0. The Balaban J connectivity index is 1.78. The summed E-state index contributed by atoms with van der Waals surface area (Å²) in [6, 6.07) is 5.54. The highest BCUT2D eigenvalue weighted by Gasteiger charge is 2.16. The van der Waals surface area contributed by atoms with E-state index >= 15 is 0 Å². The number of carbonyl (C=O) groups excluding carboxylic acids is 1. The maximum atomic E-state index is 12.0. The van der Waals surface area contributed by atoms with E-state index in [0.29, 0.717) is 23.2 Å². The molecule has 23 heavy (non-hydrogen) atoms. The predicted molar refractivity (Wildman–Crippen MR) is 95.9 cm³/mol. The van der Waals surface area contributed by atoms with Crippen LogP contribution in [0, 0.1) is 12.8 Å². The zero-order chi connectivity index (χ0) is 16.8. The number of anilines is 1. The molecule has 0 bridgehead atoms. The van der Waals surface area contributed by atoms with Gasteiger partial charge in [0.2, 0.25) is 5.91 Å². The summed E-state index contributed by atoms with van der Waals surface area (Å²) < 4.78 is 0. The number of aryl methyl sites for hydroxylation is 1. The van der Waals surface area contributed by atoms with Crippen molar-refractivity contribution in [3.05, 3.63) is 28.8 Å². The SMILES string of the molecule is Cc1ccc(NC(=O)CCN=C(N)N2CCC(C)CC2)c(Cl)c1. The van der Waals surface area contributed by atoms with E-state index in [1.165, 1.54) is 0 Å². The lowest BCUT2D eigenvalue weighted by atomic mass is 10.00. The van der Waals surface area contributed by atoms with Gasteiger partial charge in [-0.2, -0.15) is 0 Å². The molecule has 0 unspecified atom stereocenters. The second-order valence-electron chi connectivity index (χ2n) is 6.19. The smallest absolute Gasteiger partial charge is 0.226 e. The summed E-state index contributed by atoms with van der Waals surface area (Å²) in [4.78, 5) is 18.4. The van der Waals surface area contributed by atoms with Crippen LogP contribution in [-0.4, -0.2) is 36.4 Å². The van der Waals surface area contributed by atoms with Crippen LogP contribution in [0.25, 0.3) is 0 Å². The number of nitrogens with two attached hydrogens (primary N) is 1. The minimum absolute atomic E-state index is 0.112. The number of benzene rings is 1. The van der Waals surface area contributed by atoms with Crippen LogP contribution in [0.1, 0.15) is 31.7 Å². The average Bonchev–Trinajstić information content (AvgIpc) is 2.50. The van der Waals surface area contributed by atoms with Gasteiger partial charge in [0, 0.05) is 19.5 Å². The molecule has 1 fully saturated rings. The van der Waals surface area contributed by atoms with Gasteiger partial charge in [0.05, 0.1) is 17.3 Å². The molecule has 0 aliphatic carbocycles. The third kappa shape index (κ3) is 5.43. The van der Waals surface area contributed by atoms with Crippen LogP contribution in [0.15, 0.2) is 23.2 Å². The molecule has 126 valence electrons. The summed E-state index contributed by atoms with van der Waals surface area (Å²) in [5.41, 5.74) is 7.68. The van der Waals surface area contributed by atoms with Gasteiger partial charge in [-0.3, -0.25) is 9.79 Å². The molecule has 2 rings (SSSR count). The number of halogens is 1. The number of guanidine groups is 1. The van der Waals surface area contributed by atoms with E-state index in [4.69, 9.17) is 17.3 Å². The molecule has 3 N–H and O–H groups in total. The van der Waals surface area contributed by atoms with Gasteiger partial charge in [0.15, 0.2) is 5.96 Å². The highest BCUT2D eigenvalue weighted by atomic mass is 35.5. The normalized spacial score (nSPS) is 16.5. The zero-order valence-electron chi connectivity index (χ0n) is 13.8. The van der Waals surface area contributed by atoms with Crippen LogP contribution in [-0.2, 0) is 4.79 Å². The molecule has 5 nitrogen and oxygen atoms in total. The first-order valence-corrected chi connectivity index (χ1v) is 8.44. The summed E-state index contributed by atoms with van der Waals surface area (Å²) in [5, 5.41) is 3.35. The van der Waals surface area contributed by atoms with Crippen LogP contribution in [0.5, 0.6) is 0 Å². The summed E-state index contributed by atoms with van der Waals surface area (Å²) in [6.45, 7) is 6.48. The monoisotopic (exact) mass is 336 g/mol. The van der Waals surface area contributed by atoms with Crippen molar-refractivity contribution in [3.8, 4) is 0 Å². The molecular weight excluding hydrogens is 312 g/mol. The molecule has 1 amide bonds. The lowest BCUT2D eigenvalue weighted by molar-refractivity contribution is -0.116. The molecule has 0 aromatic heterocycles. The van der Waals surface area contributed by atoms with Gasteiger partial charge in [-0.05, 0) is 43.4 Å². The van der Waals surface area contributed by atoms with E-state index in [0.717, 1.165) is 37.4 Å². The Labute approximate surface area is 142 Å². The molecule has 0 spiro atoms. The summed E-state index contributed by atoms with van der Waals surface area (Å²) in [6.07, 6.45) is 2.57. The fraction of sp³-hybridized carbons (Fsp3) is 0.529. The number of hydrogen-bond donors (Lipinski definition) is 2. The maximum Gasteiger partial charge on any atom is 0.226 e. The number of amides is 1. The average molecular weight is 337 g/mol. The highest BCUT2D eigenvalue weighted by Crippen LogP contribution is 2.22. The lowest BCUT2D eigenvalue weighted by Crippen LogP contribution is -2.42. The molecular formula is C17H25ClN4O. The van der Waals surface area contributed by atoms with E-state index < -0.39 is 0 Å². The topological polar surface area (TPSA) is 70.7 Å². The van der Waals surface area contributed by atoms with Crippen molar-refractivity contribution >= 4 is 29.2 Å². The number of piperidine rings is 1. The predicted octanol–water partition coefficient (Wildman–Crippen LogP) is 3.02. The Morgan fingerprint density at radius 2 is 2.13 bits per heavy atom. The summed E-state index contributed by atoms with van der Waals surface area (Å²) >= 11 is 6.10. The van der Waals surface area contributed by atoms with Crippen molar-refractivity contribution < 1.29 is 4.79 Å². The zero-order valence-corrected chi connectivity index (χ0v) is 14.6. The van der Waals surface area contributed by atoms with Gasteiger partial charge in [0.1, 0.15) is 0 Å². The molecule has 0 radical (unpaired) electrons. The minimum Gasteiger partial charge on any atom is -0.370 e. The van der Waals surface area contributed by atoms with E-state index in [1.54, 1.807) is 0 Å². The number of hydrogen-bond acceptors (Lipinski definition) is 2. The van der Waals surface area contributed by atoms with Crippen molar-refractivity contribution in [2.45, 2.75) is 33.1 Å². The molecule has 1 aliphatic heterocycles. The van der Waals surface area contributed by atoms with Crippen LogP contribution >= 0.6 is 11.6 Å². The molecule has 0 saturated carbocycles. The lowest BCUT2D eigenvalue weighted by Gasteiger charge is -2.31. The van der Waals surface area contributed by atoms with Crippen LogP contribution < -0.4 is 11.1 Å². The van der Waals surface area contributed by atoms with E-state index in [-0.39, 0.29) is 12.3 Å². The number of likely N-dealkylation sites (tertiary alicyclic amines) is 1. The molecule has 1 heterocycles. The number of nitrogens with zero attached hydrogens (tertiary/aromatic N) is 2. The second kappa shape index (κ2) is 8.20. The van der Waals surface area contributed by atoms with Gasteiger partial charge in [-0.15, -0.1) is 0 Å². The minimum atomic E-state index is -0.112. The van der Waals surface area contributed by atoms with Gasteiger partial charge in [-0.25, -0.2) is 0 Å². The van der Waals surface area contributed by atoms with Crippen LogP contribution in [0.3, 0.4) is 0 Å². The van der Waals surface area contributed by atoms with Crippen molar-refractivity contribution in [1.82, 2.24) is 4.90 Å². The molecule has 1 aliphatic rings. The van der Waals surface area contributed by atoms with Gasteiger partial charge < -0.3 is 16.0 Å². The van der Waals surface area contributed by atoms with Gasteiger partial charge in [-0.1, -0.05) is 24.6 Å². The number of rotatable bonds is 4. The standard InChI is InChI=1S/C17H25ClN4O/c1-12-6-9-22(10-7-12)17(19)20-8-5-16(23)21-15-4-3-13(2)11-14(15)18/h3-4,11-12H,5-10H2,1-2H3,(H2,19,20)(H,21,23). The van der Waals surface area contributed by atoms with Crippen molar-refractivity contribution in [3.63, 3.8) is 0 Å². The highest BCUT2D eigenvalue weighted by molar-refractivity contribution is 6.33. The van der Waals surface area contributed by atoms with E-state index in [9.17, 15) is 4.79 Å². The van der Waals surface area contributed by atoms with Gasteiger partial charge >= 0.3 is 0 Å². The number of nitrogens with one attached hydrogen (secondary N) is 1. The van der Waals surface area contributed by atoms with Crippen LogP contribution in [0.2, 0.25) is 5.02 Å². The molecule has 0 atom stereocenters. The number of carbonyl (C=O) groups is 1. The van der Waals surface area contributed by atoms with Crippen molar-refractivity contribution in [1.29, 1.82) is 0 Å². The molecule has 1 aromatic rings. The first-order chi connectivity index (χ1) is 11.0. The third-order valence-corrected chi connectivity index (χ3v) is 4.43. The van der Waals surface area contributed by atoms with Crippen LogP contribution in [0.4, 0.5) is 5.69 Å². The molecule has 1 saturated heterocycles. The second-order valence-corrected chi connectivity index (χ2v) is 6.60. The Kier molecular flexibility index (Phi) is 6.28. The maximum absolute atomic E-state index is 12.0. The molecule has 1 aromatic carbocycles. The Bertz CT molecular complexity index is 580.